The number of piperazine rings is 1. The number of ether oxygens (including phenoxy) is 2. The molecule has 1 N–H and O–H groups in total. The molecule has 2 atom stereocenters. The number of carbonyl (C=O) groups is 1. The Morgan fingerprint density at radius 1 is 1.19 bits per heavy atom. The van der Waals surface area contributed by atoms with Crippen LogP contribution in [0.3, 0.4) is 0 Å². The minimum atomic E-state index is -0.973. The summed E-state index contributed by atoms with van der Waals surface area (Å²) in [5.74, 6) is 0.924. The normalized spacial score (nSPS) is 19.1. The van der Waals surface area contributed by atoms with Gasteiger partial charge in [-0.1, -0.05) is 12.1 Å². The molecule has 0 spiro atoms. The predicted octanol–water partition coefficient (Wildman–Crippen LogP) is 4.25. The minimum Gasteiger partial charge on any atom is -0.490 e. The molecule has 4 heterocycles. The van der Waals surface area contributed by atoms with Crippen molar-refractivity contribution < 1.29 is 23.8 Å². The van der Waals surface area contributed by atoms with Crippen molar-refractivity contribution in [3.05, 3.63) is 48.2 Å². The number of aryl methyl sites for hydroxylation is 1. The highest BCUT2D eigenvalue weighted by Crippen LogP contribution is 2.45. The number of halogens is 1. The van der Waals surface area contributed by atoms with Gasteiger partial charge in [-0.05, 0) is 36.9 Å². The first-order valence-electron chi connectivity index (χ1n) is 11.7. The van der Waals surface area contributed by atoms with Crippen molar-refractivity contribution in [2.75, 3.05) is 31.7 Å². The number of fused-ring (bicyclic) bond motifs is 3. The zero-order chi connectivity index (χ0) is 25.1. The van der Waals surface area contributed by atoms with Crippen LogP contribution in [-0.2, 0) is 0 Å². The summed E-state index contributed by atoms with van der Waals surface area (Å²) in [6.07, 6.45) is 2.04. The molecule has 4 aromatic rings. The maximum Gasteiger partial charge on any atom is 0.407 e. The van der Waals surface area contributed by atoms with Crippen molar-refractivity contribution in [2.24, 2.45) is 0 Å². The molecule has 6 rings (SSSR count). The van der Waals surface area contributed by atoms with Gasteiger partial charge < -0.3 is 24.4 Å². The third-order valence-electron chi connectivity index (χ3n) is 7.15. The Morgan fingerprint density at radius 2 is 2.03 bits per heavy atom. The number of rotatable bonds is 2. The fraction of sp³-hybridized carbons (Fsp3) is 0.308. The lowest BCUT2D eigenvalue weighted by atomic mass is 9.93. The molecule has 9 nitrogen and oxygen atoms in total. The molecule has 1 saturated heterocycles. The second kappa shape index (κ2) is 8.18. The van der Waals surface area contributed by atoms with Crippen LogP contribution in [0.2, 0.25) is 0 Å². The van der Waals surface area contributed by atoms with Gasteiger partial charge in [0.2, 0.25) is 5.88 Å². The van der Waals surface area contributed by atoms with Gasteiger partial charge in [0.05, 0.1) is 23.9 Å². The Morgan fingerprint density at radius 3 is 2.81 bits per heavy atom. The van der Waals surface area contributed by atoms with E-state index in [1.165, 1.54) is 11.2 Å². The molecule has 184 valence electrons. The Balaban J connectivity index is 1.59. The highest BCUT2D eigenvalue weighted by Gasteiger charge is 2.38. The SMILES string of the molecule is COc1nccc2ccc(C)c(-c3cc4c5c(ncnc5c3F)N3C[C@@H](C)N(C(=O)O)C[C@H]3CO4)c12. The number of amides is 1. The lowest BCUT2D eigenvalue weighted by Crippen LogP contribution is -2.60. The van der Waals surface area contributed by atoms with Crippen molar-refractivity contribution in [1.29, 1.82) is 0 Å². The lowest BCUT2D eigenvalue weighted by molar-refractivity contribution is 0.105. The molecule has 0 saturated carbocycles. The first-order chi connectivity index (χ1) is 17.4. The summed E-state index contributed by atoms with van der Waals surface area (Å²) < 4.78 is 28.1. The maximum absolute atomic E-state index is 16.3. The molecule has 0 radical (unpaired) electrons. The minimum absolute atomic E-state index is 0.153. The van der Waals surface area contributed by atoms with Gasteiger partial charge in [0.1, 0.15) is 30.0 Å². The Labute approximate surface area is 206 Å². The quantitative estimate of drug-likeness (QED) is 0.446. The third kappa shape index (κ3) is 3.20. The molecule has 1 fully saturated rings. The lowest BCUT2D eigenvalue weighted by Gasteiger charge is -2.43. The summed E-state index contributed by atoms with van der Waals surface area (Å²) in [4.78, 5) is 28.3. The number of anilines is 1. The van der Waals surface area contributed by atoms with Crippen LogP contribution in [0.5, 0.6) is 11.6 Å². The Kier molecular flexibility index (Phi) is 5.06. The molecule has 1 amide bonds. The number of methoxy groups -OCH3 is 1. The van der Waals surface area contributed by atoms with Crippen LogP contribution in [0.4, 0.5) is 15.0 Å². The van der Waals surface area contributed by atoms with Crippen LogP contribution in [-0.4, -0.2) is 69.9 Å². The molecule has 36 heavy (non-hydrogen) atoms. The van der Waals surface area contributed by atoms with Gasteiger partial charge in [0.15, 0.2) is 5.82 Å². The smallest absolute Gasteiger partial charge is 0.407 e. The molecule has 2 aromatic heterocycles. The zero-order valence-electron chi connectivity index (χ0n) is 20.0. The van der Waals surface area contributed by atoms with E-state index in [0.717, 1.165) is 10.9 Å². The van der Waals surface area contributed by atoms with Crippen LogP contribution in [0.1, 0.15) is 12.5 Å². The summed E-state index contributed by atoms with van der Waals surface area (Å²) in [5.41, 5.74) is 1.99. The number of hydrogen-bond donors (Lipinski definition) is 1. The van der Waals surface area contributed by atoms with Crippen molar-refractivity contribution in [3.63, 3.8) is 0 Å². The zero-order valence-corrected chi connectivity index (χ0v) is 20.0. The van der Waals surface area contributed by atoms with Crippen LogP contribution in [0.25, 0.3) is 32.8 Å². The van der Waals surface area contributed by atoms with Gasteiger partial charge in [-0.3, -0.25) is 0 Å². The van der Waals surface area contributed by atoms with E-state index in [-0.39, 0.29) is 30.8 Å². The highest BCUT2D eigenvalue weighted by atomic mass is 19.1. The average molecular weight is 490 g/mol. The molecule has 0 aliphatic carbocycles. The fourth-order valence-electron chi connectivity index (χ4n) is 5.41. The van der Waals surface area contributed by atoms with E-state index in [1.54, 1.807) is 19.4 Å². The number of aromatic nitrogens is 3. The second-order valence-electron chi connectivity index (χ2n) is 9.23. The Hall–Kier alpha value is -4.21. The van der Waals surface area contributed by atoms with E-state index in [1.807, 2.05) is 36.9 Å². The summed E-state index contributed by atoms with van der Waals surface area (Å²) in [5, 5.41) is 11.7. The summed E-state index contributed by atoms with van der Waals surface area (Å²) >= 11 is 0. The van der Waals surface area contributed by atoms with Gasteiger partial charge in [-0.15, -0.1) is 0 Å². The summed E-state index contributed by atoms with van der Waals surface area (Å²) in [6.45, 7) is 4.67. The van der Waals surface area contributed by atoms with Crippen LogP contribution in [0.15, 0.2) is 36.8 Å². The molecular weight excluding hydrogens is 465 g/mol. The van der Waals surface area contributed by atoms with E-state index >= 15 is 4.39 Å². The maximum atomic E-state index is 16.3. The first-order valence-corrected chi connectivity index (χ1v) is 11.7. The standard InChI is InChI=1S/C26H24FN5O4/c1-13-4-5-15-6-7-28-25(35-3)20(15)19(13)17-8-18-21-23(22(17)27)29-12-30-24(21)32-9-14(2)31(26(33)34)10-16(32)11-36-18/h4-8,12,14,16H,9-11H2,1-3H3,(H,33,34)/t14-,16+/m1/s1. The number of carboxylic acid groups (broad SMARTS) is 1. The summed E-state index contributed by atoms with van der Waals surface area (Å²) in [7, 11) is 1.54. The summed E-state index contributed by atoms with van der Waals surface area (Å²) in [6, 6.07) is 6.92. The van der Waals surface area contributed by atoms with Crippen molar-refractivity contribution >= 4 is 33.6 Å². The monoisotopic (exact) mass is 489 g/mol. The van der Waals surface area contributed by atoms with E-state index in [0.29, 0.717) is 45.9 Å². The molecule has 0 unspecified atom stereocenters. The van der Waals surface area contributed by atoms with Crippen LogP contribution >= 0.6 is 0 Å². The number of nitrogens with zero attached hydrogens (tertiary/aromatic N) is 5. The molecule has 0 bridgehead atoms. The largest absolute Gasteiger partial charge is 0.490 e. The van der Waals surface area contributed by atoms with E-state index in [9.17, 15) is 9.90 Å². The van der Waals surface area contributed by atoms with E-state index in [2.05, 4.69) is 15.0 Å². The first kappa shape index (κ1) is 22.3. The number of benzene rings is 2. The fourth-order valence-corrected chi connectivity index (χ4v) is 5.41. The van der Waals surface area contributed by atoms with Gasteiger partial charge >= 0.3 is 6.09 Å². The highest BCUT2D eigenvalue weighted by molar-refractivity contribution is 6.05. The van der Waals surface area contributed by atoms with Crippen molar-refractivity contribution in [1.82, 2.24) is 19.9 Å². The average Bonchev–Trinajstić information content (AvgIpc) is 3.02. The third-order valence-corrected chi connectivity index (χ3v) is 7.15. The topological polar surface area (TPSA) is 101 Å². The molecule has 2 aliphatic rings. The van der Waals surface area contributed by atoms with Crippen LogP contribution < -0.4 is 14.4 Å². The van der Waals surface area contributed by atoms with Crippen molar-refractivity contribution in [2.45, 2.75) is 25.9 Å². The van der Waals surface area contributed by atoms with Gasteiger partial charge in [-0.25, -0.2) is 24.1 Å². The van der Waals surface area contributed by atoms with E-state index < -0.39 is 11.9 Å². The van der Waals surface area contributed by atoms with E-state index in [4.69, 9.17) is 9.47 Å². The molecule has 2 aliphatic heterocycles. The van der Waals surface area contributed by atoms with Gasteiger partial charge in [0.25, 0.3) is 0 Å². The molecule has 2 aromatic carbocycles. The number of pyridine rings is 1. The second-order valence-corrected chi connectivity index (χ2v) is 9.23. The molecular formula is C26H24FN5O4. The van der Waals surface area contributed by atoms with Crippen molar-refractivity contribution in [3.8, 4) is 22.8 Å². The molecule has 10 heteroatoms. The predicted molar refractivity (Wildman–Crippen MR) is 132 cm³/mol. The van der Waals surface area contributed by atoms with Gasteiger partial charge in [0, 0.05) is 36.5 Å². The number of hydrogen-bond acceptors (Lipinski definition) is 7. The Bertz CT molecular complexity index is 1540. The van der Waals surface area contributed by atoms with Crippen LogP contribution in [0, 0.1) is 12.7 Å². The van der Waals surface area contributed by atoms with Gasteiger partial charge in [-0.2, -0.15) is 0 Å².